The third-order valence-corrected chi connectivity index (χ3v) is 5.31. The van der Waals surface area contributed by atoms with Crippen molar-refractivity contribution in [1.29, 1.82) is 0 Å². The molecule has 2 rings (SSSR count). The summed E-state index contributed by atoms with van der Waals surface area (Å²) in [6.07, 6.45) is 4.00. The second-order valence-electron chi connectivity index (χ2n) is 5.84. The molecule has 0 aromatic carbocycles. The molecular weight excluding hydrogens is 304 g/mol. The van der Waals surface area contributed by atoms with Crippen LogP contribution < -0.4 is 9.64 Å². The fourth-order valence-electron chi connectivity index (χ4n) is 2.46. The summed E-state index contributed by atoms with van der Waals surface area (Å²) in [7, 11) is 0. The number of rotatable bonds is 4. The summed E-state index contributed by atoms with van der Waals surface area (Å²) in [6, 6.07) is 3.96. The quantitative estimate of drug-likeness (QED) is 0.785. The molecule has 3 nitrogen and oxygen atoms in total. The van der Waals surface area contributed by atoms with E-state index in [9.17, 15) is 0 Å². The molecule has 1 aromatic rings. The highest BCUT2D eigenvalue weighted by Crippen LogP contribution is 2.38. The summed E-state index contributed by atoms with van der Waals surface area (Å²) in [5, 5.41) is 0. The van der Waals surface area contributed by atoms with Gasteiger partial charge in [-0.2, -0.15) is 0 Å². The van der Waals surface area contributed by atoms with Gasteiger partial charge in [0.2, 0.25) is 0 Å². The average molecular weight is 327 g/mol. The first-order valence-corrected chi connectivity index (χ1v) is 7.93. The van der Waals surface area contributed by atoms with Crippen molar-refractivity contribution in [3.8, 4) is 5.75 Å². The Kier molecular flexibility index (Phi) is 4.71. The Morgan fingerprint density at radius 2 is 2.32 bits per heavy atom. The third kappa shape index (κ3) is 3.41. The molecule has 0 bridgehead atoms. The summed E-state index contributed by atoms with van der Waals surface area (Å²) in [5.74, 6) is 1.90. The summed E-state index contributed by atoms with van der Waals surface area (Å²) < 4.78 is 5.82. The van der Waals surface area contributed by atoms with Crippen molar-refractivity contribution >= 4 is 21.7 Å². The number of nitrogens with zero attached hydrogens (tertiary/aromatic N) is 2. The number of halogens is 1. The zero-order valence-corrected chi connectivity index (χ0v) is 13.6. The largest absolute Gasteiger partial charge is 0.490 e. The van der Waals surface area contributed by atoms with E-state index in [1.165, 1.54) is 0 Å². The van der Waals surface area contributed by atoms with Gasteiger partial charge in [-0.25, -0.2) is 4.98 Å². The molecule has 0 N–H and O–H groups in total. The molecule has 1 atom stereocenters. The van der Waals surface area contributed by atoms with E-state index >= 15 is 0 Å². The van der Waals surface area contributed by atoms with Gasteiger partial charge in [-0.05, 0) is 30.4 Å². The third-order valence-electron chi connectivity index (χ3n) is 3.61. The molecule has 0 saturated carbocycles. The molecule has 1 saturated heterocycles. The van der Waals surface area contributed by atoms with Gasteiger partial charge in [0.05, 0.1) is 6.61 Å². The number of aromatic nitrogens is 1. The van der Waals surface area contributed by atoms with Gasteiger partial charge >= 0.3 is 0 Å². The molecule has 0 radical (unpaired) electrons. The van der Waals surface area contributed by atoms with E-state index in [4.69, 9.17) is 4.74 Å². The lowest BCUT2D eigenvalue weighted by atomic mass is 9.84. The average Bonchev–Trinajstić information content (AvgIpc) is 2.40. The number of piperidine rings is 1. The van der Waals surface area contributed by atoms with E-state index in [2.05, 4.69) is 46.6 Å². The van der Waals surface area contributed by atoms with E-state index in [-0.39, 0.29) is 5.41 Å². The van der Waals surface area contributed by atoms with Gasteiger partial charge < -0.3 is 9.64 Å². The maximum absolute atomic E-state index is 5.82. The Hall–Kier alpha value is -0.770. The number of hydrogen-bond donors (Lipinski definition) is 0. The monoisotopic (exact) mass is 326 g/mol. The molecule has 1 fully saturated rings. The number of ether oxygens (including phenoxy) is 1. The van der Waals surface area contributed by atoms with Crippen LogP contribution in [0.1, 0.15) is 33.6 Å². The fourth-order valence-corrected chi connectivity index (χ4v) is 2.80. The van der Waals surface area contributed by atoms with E-state index in [0.717, 1.165) is 44.1 Å². The molecule has 0 spiro atoms. The van der Waals surface area contributed by atoms with Gasteiger partial charge in [0, 0.05) is 24.1 Å². The summed E-state index contributed by atoms with van der Waals surface area (Å²) in [5.41, 5.74) is 0.248. The van der Waals surface area contributed by atoms with Crippen LogP contribution in [-0.4, -0.2) is 29.5 Å². The Balaban J connectivity index is 2.17. The van der Waals surface area contributed by atoms with Crippen molar-refractivity contribution < 1.29 is 4.74 Å². The number of pyridine rings is 1. The van der Waals surface area contributed by atoms with Crippen LogP contribution in [0.5, 0.6) is 5.75 Å². The van der Waals surface area contributed by atoms with E-state index in [0.29, 0.717) is 4.83 Å². The topological polar surface area (TPSA) is 25.4 Å². The van der Waals surface area contributed by atoms with Crippen LogP contribution in [0.25, 0.3) is 0 Å². The highest BCUT2D eigenvalue weighted by Gasteiger charge is 2.35. The van der Waals surface area contributed by atoms with E-state index in [1.54, 1.807) is 0 Å². The normalized spacial score (nSPS) is 22.3. The first-order chi connectivity index (χ1) is 9.04. The Morgan fingerprint density at radius 3 is 3.00 bits per heavy atom. The molecule has 2 heterocycles. The minimum atomic E-state index is 0.248. The molecule has 4 heteroatoms. The predicted octanol–water partition coefficient (Wildman–Crippen LogP) is 3.87. The second-order valence-corrected chi connectivity index (χ2v) is 6.95. The summed E-state index contributed by atoms with van der Waals surface area (Å²) in [4.78, 5) is 7.45. The number of anilines is 1. The SMILES string of the molecule is CCCOc1cccnc1N1CCC(Br)C(C)(C)C1. The smallest absolute Gasteiger partial charge is 0.171 e. The van der Waals surface area contributed by atoms with Crippen LogP contribution in [0.2, 0.25) is 0 Å². The Labute approximate surface area is 124 Å². The summed E-state index contributed by atoms with van der Waals surface area (Å²) >= 11 is 3.79. The van der Waals surface area contributed by atoms with Crippen molar-refractivity contribution in [3.63, 3.8) is 0 Å². The molecule has 0 aliphatic carbocycles. The highest BCUT2D eigenvalue weighted by atomic mass is 79.9. The fraction of sp³-hybridized carbons (Fsp3) is 0.667. The molecule has 1 unspecified atom stereocenters. The van der Waals surface area contributed by atoms with Crippen molar-refractivity contribution in [2.45, 2.75) is 38.4 Å². The van der Waals surface area contributed by atoms with Crippen LogP contribution in [0.3, 0.4) is 0 Å². The van der Waals surface area contributed by atoms with Crippen LogP contribution in [0, 0.1) is 5.41 Å². The van der Waals surface area contributed by atoms with Crippen LogP contribution in [0.4, 0.5) is 5.82 Å². The van der Waals surface area contributed by atoms with Gasteiger partial charge in [0.15, 0.2) is 11.6 Å². The van der Waals surface area contributed by atoms with Gasteiger partial charge in [-0.3, -0.25) is 0 Å². The molecule has 1 aromatic heterocycles. The van der Waals surface area contributed by atoms with E-state index < -0.39 is 0 Å². The molecule has 19 heavy (non-hydrogen) atoms. The first kappa shape index (κ1) is 14.6. The molecular formula is C15H23BrN2O. The predicted molar refractivity (Wildman–Crippen MR) is 83.3 cm³/mol. The molecule has 1 aliphatic heterocycles. The standard InChI is InChI=1S/C15H23BrN2O/c1-4-10-19-12-6-5-8-17-14(12)18-9-7-13(16)15(2,3)11-18/h5-6,8,13H,4,7,9-11H2,1-3H3. The number of alkyl halides is 1. The maximum Gasteiger partial charge on any atom is 0.171 e. The zero-order chi connectivity index (χ0) is 13.9. The van der Waals surface area contributed by atoms with Crippen molar-refractivity contribution in [3.05, 3.63) is 18.3 Å². The molecule has 106 valence electrons. The van der Waals surface area contributed by atoms with Gasteiger partial charge in [0.25, 0.3) is 0 Å². The van der Waals surface area contributed by atoms with Crippen LogP contribution in [-0.2, 0) is 0 Å². The first-order valence-electron chi connectivity index (χ1n) is 7.01. The van der Waals surface area contributed by atoms with Gasteiger partial charge in [-0.1, -0.05) is 36.7 Å². The minimum absolute atomic E-state index is 0.248. The maximum atomic E-state index is 5.82. The van der Waals surface area contributed by atoms with Gasteiger partial charge in [0.1, 0.15) is 0 Å². The Morgan fingerprint density at radius 1 is 1.53 bits per heavy atom. The highest BCUT2D eigenvalue weighted by molar-refractivity contribution is 9.09. The van der Waals surface area contributed by atoms with Crippen LogP contribution >= 0.6 is 15.9 Å². The van der Waals surface area contributed by atoms with Gasteiger partial charge in [-0.15, -0.1) is 0 Å². The van der Waals surface area contributed by atoms with E-state index in [1.807, 2.05) is 18.3 Å². The molecule has 0 amide bonds. The zero-order valence-electron chi connectivity index (χ0n) is 12.0. The van der Waals surface area contributed by atoms with Crippen LogP contribution in [0.15, 0.2) is 18.3 Å². The lowest BCUT2D eigenvalue weighted by Crippen LogP contribution is -2.46. The second kappa shape index (κ2) is 6.12. The van der Waals surface area contributed by atoms with Crippen molar-refractivity contribution in [2.24, 2.45) is 5.41 Å². The van der Waals surface area contributed by atoms with Crippen molar-refractivity contribution in [2.75, 3.05) is 24.6 Å². The summed E-state index contributed by atoms with van der Waals surface area (Å²) in [6.45, 7) is 9.50. The lowest BCUT2D eigenvalue weighted by Gasteiger charge is -2.42. The minimum Gasteiger partial charge on any atom is -0.490 e. The number of hydrogen-bond acceptors (Lipinski definition) is 3. The lowest BCUT2D eigenvalue weighted by molar-refractivity contribution is 0.296. The van der Waals surface area contributed by atoms with Crippen molar-refractivity contribution in [1.82, 2.24) is 4.98 Å². The molecule has 1 aliphatic rings. The Bertz CT molecular complexity index is 422.